The van der Waals surface area contributed by atoms with Crippen molar-refractivity contribution in [2.75, 3.05) is 6.61 Å². The summed E-state index contributed by atoms with van der Waals surface area (Å²) >= 11 is 1.71. The molecule has 4 nitrogen and oxygen atoms in total. The van der Waals surface area contributed by atoms with E-state index in [1.54, 1.807) is 11.8 Å². The summed E-state index contributed by atoms with van der Waals surface area (Å²) in [6.45, 7) is 4.82. The van der Waals surface area contributed by atoms with Gasteiger partial charge < -0.3 is 9.84 Å². The highest BCUT2D eigenvalue weighted by atomic mass is 32.2. The van der Waals surface area contributed by atoms with Crippen molar-refractivity contribution < 1.29 is 9.84 Å². The zero-order chi connectivity index (χ0) is 18.4. The van der Waals surface area contributed by atoms with Crippen LogP contribution in [0.3, 0.4) is 0 Å². The third kappa shape index (κ3) is 4.40. The van der Waals surface area contributed by atoms with Gasteiger partial charge in [0, 0.05) is 34.4 Å². The number of phenols is 1. The predicted molar refractivity (Wildman–Crippen MR) is 108 cm³/mol. The summed E-state index contributed by atoms with van der Waals surface area (Å²) in [7, 11) is 0. The van der Waals surface area contributed by atoms with E-state index in [4.69, 9.17) is 4.74 Å². The van der Waals surface area contributed by atoms with Crippen LogP contribution in [0.5, 0.6) is 5.75 Å². The van der Waals surface area contributed by atoms with Crippen LogP contribution in [0.15, 0.2) is 53.7 Å². The average Bonchev–Trinajstić information content (AvgIpc) is 3.18. The molecular weight excluding hydrogens is 344 g/mol. The molecule has 1 fully saturated rings. The molecule has 1 saturated heterocycles. The van der Waals surface area contributed by atoms with Crippen LogP contribution in [0.2, 0.25) is 0 Å². The second kappa shape index (κ2) is 9.10. The summed E-state index contributed by atoms with van der Waals surface area (Å²) in [5, 5.41) is 16.6. The van der Waals surface area contributed by atoms with Gasteiger partial charge in [0.05, 0.1) is 6.20 Å². The standard InChI is InChI=1S/C19H20N2O2S.C2H6/c22-18-10-16(9-15-5-1-2-6-17(15)18)24-13-14-11-20-21(12-14)19-7-3-4-8-23-19;1-2/h1-2,5-6,9-12,19,22H,3-4,7-8,13H2;1-2H3. The molecule has 1 N–H and O–H groups in total. The first-order valence-electron chi connectivity index (χ1n) is 9.29. The maximum atomic E-state index is 10.2. The Labute approximate surface area is 159 Å². The van der Waals surface area contributed by atoms with Crippen LogP contribution in [-0.2, 0) is 10.5 Å². The Morgan fingerprint density at radius 3 is 2.88 bits per heavy atom. The third-order valence-electron chi connectivity index (χ3n) is 4.32. The molecule has 1 unspecified atom stereocenters. The zero-order valence-electron chi connectivity index (χ0n) is 15.4. The van der Waals surface area contributed by atoms with Gasteiger partial charge in [-0.2, -0.15) is 5.10 Å². The second-order valence-electron chi connectivity index (χ2n) is 6.10. The highest BCUT2D eigenvalue weighted by Gasteiger charge is 2.16. The molecule has 2 aromatic carbocycles. The Morgan fingerprint density at radius 1 is 1.23 bits per heavy atom. The van der Waals surface area contributed by atoms with E-state index in [1.165, 1.54) is 12.0 Å². The largest absolute Gasteiger partial charge is 0.507 e. The topological polar surface area (TPSA) is 47.3 Å². The van der Waals surface area contributed by atoms with E-state index in [9.17, 15) is 5.11 Å². The Balaban J connectivity index is 0.000000948. The minimum Gasteiger partial charge on any atom is -0.507 e. The molecule has 1 aliphatic heterocycles. The highest BCUT2D eigenvalue weighted by molar-refractivity contribution is 7.98. The molecule has 138 valence electrons. The van der Waals surface area contributed by atoms with Crippen molar-refractivity contribution >= 4 is 22.5 Å². The van der Waals surface area contributed by atoms with Crippen LogP contribution in [0, 0.1) is 0 Å². The van der Waals surface area contributed by atoms with Gasteiger partial charge in [0.15, 0.2) is 0 Å². The fraction of sp³-hybridized carbons (Fsp3) is 0.381. The number of rotatable bonds is 4. The lowest BCUT2D eigenvalue weighted by Gasteiger charge is -2.22. The van der Waals surface area contributed by atoms with Crippen LogP contribution in [0.4, 0.5) is 0 Å². The van der Waals surface area contributed by atoms with Gasteiger partial charge in [-0.15, -0.1) is 11.8 Å². The predicted octanol–water partition coefficient (Wildman–Crippen LogP) is 5.76. The van der Waals surface area contributed by atoms with E-state index >= 15 is 0 Å². The van der Waals surface area contributed by atoms with Gasteiger partial charge in [0.1, 0.15) is 12.0 Å². The van der Waals surface area contributed by atoms with Crippen LogP contribution >= 0.6 is 11.8 Å². The molecule has 1 aliphatic rings. The molecule has 5 heteroatoms. The van der Waals surface area contributed by atoms with Crippen molar-refractivity contribution in [2.24, 2.45) is 0 Å². The molecule has 0 saturated carbocycles. The SMILES string of the molecule is CC.Oc1cc(SCc2cnn(C3CCCCO3)c2)cc2ccccc12. The lowest BCUT2D eigenvalue weighted by Crippen LogP contribution is -2.18. The number of aromatic nitrogens is 2. The van der Waals surface area contributed by atoms with Crippen LogP contribution in [-0.4, -0.2) is 21.5 Å². The molecule has 1 aromatic heterocycles. The van der Waals surface area contributed by atoms with Crippen LogP contribution < -0.4 is 0 Å². The first-order valence-corrected chi connectivity index (χ1v) is 10.3. The number of nitrogens with zero attached hydrogens (tertiary/aromatic N) is 2. The van der Waals surface area contributed by atoms with Crippen molar-refractivity contribution in [3.8, 4) is 5.75 Å². The van der Waals surface area contributed by atoms with Gasteiger partial charge in [0.2, 0.25) is 0 Å². The normalized spacial score (nSPS) is 16.9. The monoisotopic (exact) mass is 370 g/mol. The average molecular weight is 371 g/mol. The van der Waals surface area contributed by atoms with Gasteiger partial charge in [-0.3, -0.25) is 0 Å². The number of aromatic hydroxyl groups is 1. The zero-order valence-corrected chi connectivity index (χ0v) is 16.2. The Bertz CT molecular complexity index is 841. The number of ether oxygens (including phenoxy) is 1. The number of phenolic OH excluding ortho intramolecular Hbond substituents is 1. The minimum atomic E-state index is 0.0854. The van der Waals surface area contributed by atoms with Gasteiger partial charge in [-0.05, 0) is 36.8 Å². The summed E-state index contributed by atoms with van der Waals surface area (Å²) < 4.78 is 7.70. The van der Waals surface area contributed by atoms with E-state index in [1.807, 2.05) is 55.1 Å². The molecule has 26 heavy (non-hydrogen) atoms. The van der Waals surface area contributed by atoms with Gasteiger partial charge in [-0.1, -0.05) is 38.1 Å². The van der Waals surface area contributed by atoms with Crippen molar-refractivity contribution in [2.45, 2.75) is 50.0 Å². The van der Waals surface area contributed by atoms with E-state index < -0.39 is 0 Å². The molecule has 0 bridgehead atoms. The van der Waals surface area contributed by atoms with Crippen molar-refractivity contribution in [3.63, 3.8) is 0 Å². The molecule has 1 atom stereocenters. The molecule has 0 radical (unpaired) electrons. The molecule has 0 amide bonds. The number of hydrogen-bond acceptors (Lipinski definition) is 4. The maximum Gasteiger partial charge on any atom is 0.150 e. The van der Waals surface area contributed by atoms with E-state index in [2.05, 4.69) is 17.4 Å². The summed E-state index contributed by atoms with van der Waals surface area (Å²) in [6.07, 6.45) is 7.45. The van der Waals surface area contributed by atoms with Crippen LogP contribution in [0.25, 0.3) is 10.8 Å². The second-order valence-corrected chi connectivity index (χ2v) is 7.15. The van der Waals surface area contributed by atoms with Gasteiger partial charge in [-0.25, -0.2) is 4.68 Å². The fourth-order valence-electron chi connectivity index (χ4n) is 3.06. The molecule has 0 aliphatic carbocycles. The van der Waals surface area contributed by atoms with Gasteiger partial charge in [0.25, 0.3) is 0 Å². The quantitative estimate of drug-likeness (QED) is 0.593. The van der Waals surface area contributed by atoms with E-state index in [0.717, 1.165) is 40.9 Å². The van der Waals surface area contributed by atoms with E-state index in [-0.39, 0.29) is 6.23 Å². The van der Waals surface area contributed by atoms with Crippen molar-refractivity contribution in [1.82, 2.24) is 9.78 Å². The summed E-state index contributed by atoms with van der Waals surface area (Å²) in [5.74, 6) is 1.16. The van der Waals surface area contributed by atoms with Crippen LogP contribution in [0.1, 0.15) is 44.9 Å². The Morgan fingerprint density at radius 2 is 2.08 bits per heavy atom. The third-order valence-corrected chi connectivity index (χ3v) is 5.37. The smallest absolute Gasteiger partial charge is 0.150 e. The number of hydrogen-bond donors (Lipinski definition) is 1. The molecular formula is C21H26N2O2S. The fourth-order valence-corrected chi connectivity index (χ4v) is 3.94. The number of fused-ring (bicyclic) bond motifs is 1. The first kappa shape index (κ1) is 18.8. The summed E-state index contributed by atoms with van der Waals surface area (Å²) in [4.78, 5) is 1.06. The highest BCUT2D eigenvalue weighted by Crippen LogP contribution is 2.33. The summed E-state index contributed by atoms with van der Waals surface area (Å²) in [6, 6.07) is 11.8. The molecule has 3 aromatic rings. The molecule has 2 heterocycles. The first-order chi connectivity index (χ1) is 12.8. The molecule has 4 rings (SSSR count). The maximum absolute atomic E-state index is 10.2. The lowest BCUT2D eigenvalue weighted by molar-refractivity contribution is -0.0395. The summed E-state index contributed by atoms with van der Waals surface area (Å²) in [5.41, 5.74) is 1.17. The van der Waals surface area contributed by atoms with Crippen molar-refractivity contribution in [3.05, 3.63) is 54.4 Å². The van der Waals surface area contributed by atoms with E-state index in [0.29, 0.717) is 5.75 Å². The lowest BCUT2D eigenvalue weighted by atomic mass is 10.1. The van der Waals surface area contributed by atoms with Gasteiger partial charge >= 0.3 is 0 Å². The number of thioether (sulfide) groups is 1. The number of benzene rings is 2. The molecule has 0 spiro atoms. The van der Waals surface area contributed by atoms with Crippen molar-refractivity contribution in [1.29, 1.82) is 0 Å². The Kier molecular flexibility index (Phi) is 6.58. The Hall–Kier alpha value is -1.98. The minimum absolute atomic E-state index is 0.0854.